The van der Waals surface area contributed by atoms with Gasteiger partial charge in [-0.25, -0.2) is 4.98 Å². The molecule has 1 aromatic carbocycles. The van der Waals surface area contributed by atoms with Crippen LogP contribution in [0.1, 0.15) is 37.7 Å². The van der Waals surface area contributed by atoms with Crippen molar-refractivity contribution in [1.82, 2.24) is 14.9 Å². The van der Waals surface area contributed by atoms with Gasteiger partial charge in [-0.2, -0.15) is 4.98 Å². The molecule has 0 radical (unpaired) electrons. The van der Waals surface area contributed by atoms with Crippen LogP contribution in [0.2, 0.25) is 0 Å². The number of piperidine rings is 1. The fraction of sp³-hybridized carbons (Fsp3) is 0.450. The first kappa shape index (κ1) is 18.2. The number of methoxy groups -OCH3 is 1. The molecule has 0 bridgehead atoms. The summed E-state index contributed by atoms with van der Waals surface area (Å²) < 4.78 is 10.9. The molecule has 138 valence electrons. The van der Waals surface area contributed by atoms with Crippen molar-refractivity contribution in [2.45, 2.75) is 38.2 Å². The number of carbonyl (C=O) groups excluding carboxylic acids is 1. The van der Waals surface area contributed by atoms with Crippen molar-refractivity contribution in [2.75, 3.05) is 20.2 Å². The molecule has 1 atom stereocenters. The van der Waals surface area contributed by atoms with Gasteiger partial charge in [-0.1, -0.05) is 37.3 Å². The van der Waals surface area contributed by atoms with E-state index in [0.29, 0.717) is 25.0 Å². The van der Waals surface area contributed by atoms with Gasteiger partial charge in [0.1, 0.15) is 6.10 Å². The third-order valence-corrected chi connectivity index (χ3v) is 4.74. The van der Waals surface area contributed by atoms with E-state index in [1.54, 1.807) is 12.3 Å². The third-order valence-electron chi connectivity index (χ3n) is 4.74. The van der Waals surface area contributed by atoms with E-state index in [0.717, 1.165) is 24.8 Å². The van der Waals surface area contributed by atoms with Crippen LogP contribution < -0.4 is 9.47 Å². The van der Waals surface area contributed by atoms with Gasteiger partial charge in [0, 0.05) is 38.2 Å². The number of carbonyl (C=O) groups is 1. The van der Waals surface area contributed by atoms with Crippen LogP contribution in [-0.4, -0.2) is 47.1 Å². The van der Waals surface area contributed by atoms with Crippen LogP contribution in [0.5, 0.6) is 11.9 Å². The van der Waals surface area contributed by atoms with Crippen molar-refractivity contribution in [3.05, 3.63) is 48.2 Å². The maximum atomic E-state index is 12.9. The minimum atomic E-state index is -0.0696. The van der Waals surface area contributed by atoms with Crippen molar-refractivity contribution in [1.29, 1.82) is 0 Å². The largest absolute Gasteiger partial charge is 0.474 e. The molecule has 0 aliphatic carbocycles. The Balaban J connectivity index is 1.56. The van der Waals surface area contributed by atoms with E-state index in [2.05, 4.69) is 16.9 Å². The van der Waals surface area contributed by atoms with Gasteiger partial charge < -0.3 is 14.4 Å². The quantitative estimate of drug-likeness (QED) is 0.797. The molecule has 6 heteroatoms. The van der Waals surface area contributed by atoms with Gasteiger partial charge in [0.05, 0.1) is 13.0 Å². The second-order valence-corrected chi connectivity index (χ2v) is 6.40. The van der Waals surface area contributed by atoms with Crippen LogP contribution in [0, 0.1) is 0 Å². The van der Waals surface area contributed by atoms with E-state index < -0.39 is 0 Å². The molecule has 2 aromatic rings. The first-order chi connectivity index (χ1) is 12.7. The van der Waals surface area contributed by atoms with Crippen LogP contribution in [0.4, 0.5) is 0 Å². The Bertz CT molecular complexity index is 715. The Kier molecular flexibility index (Phi) is 6.04. The van der Waals surface area contributed by atoms with Crippen LogP contribution in [0.15, 0.2) is 42.6 Å². The molecule has 3 rings (SSSR count). The topological polar surface area (TPSA) is 64.6 Å². The van der Waals surface area contributed by atoms with Crippen LogP contribution in [0.25, 0.3) is 0 Å². The highest BCUT2D eigenvalue weighted by molar-refractivity contribution is 5.83. The number of hydrogen-bond acceptors (Lipinski definition) is 5. The maximum Gasteiger partial charge on any atom is 0.319 e. The van der Waals surface area contributed by atoms with Gasteiger partial charge in [-0.15, -0.1) is 0 Å². The Morgan fingerprint density at radius 2 is 1.96 bits per heavy atom. The van der Waals surface area contributed by atoms with E-state index in [-0.39, 0.29) is 17.9 Å². The highest BCUT2D eigenvalue weighted by atomic mass is 16.5. The predicted octanol–water partition coefficient (Wildman–Crippen LogP) is 3.05. The van der Waals surface area contributed by atoms with Crippen LogP contribution >= 0.6 is 0 Å². The zero-order valence-corrected chi connectivity index (χ0v) is 15.3. The van der Waals surface area contributed by atoms with E-state index in [4.69, 9.17) is 9.47 Å². The molecule has 2 heterocycles. The molecule has 1 aliphatic rings. The molecule has 0 N–H and O–H groups in total. The van der Waals surface area contributed by atoms with Crippen molar-refractivity contribution >= 4 is 5.91 Å². The Morgan fingerprint density at radius 3 is 2.62 bits per heavy atom. The second-order valence-electron chi connectivity index (χ2n) is 6.40. The lowest BCUT2D eigenvalue weighted by molar-refractivity contribution is -0.134. The highest BCUT2D eigenvalue weighted by Crippen LogP contribution is 2.25. The number of aromatic nitrogens is 2. The normalized spacial score (nSPS) is 16.2. The number of likely N-dealkylation sites (tertiary alicyclic amines) is 1. The summed E-state index contributed by atoms with van der Waals surface area (Å²) in [4.78, 5) is 23.0. The summed E-state index contributed by atoms with van der Waals surface area (Å²) in [6.45, 7) is 3.47. The fourth-order valence-electron chi connectivity index (χ4n) is 3.31. The molecule has 26 heavy (non-hydrogen) atoms. The minimum Gasteiger partial charge on any atom is -0.474 e. The second kappa shape index (κ2) is 8.65. The van der Waals surface area contributed by atoms with Crippen molar-refractivity contribution in [3.63, 3.8) is 0 Å². The standard InChI is InChI=1S/C20H25N3O3/c1-3-17(15-7-5-4-6-8-15)19(24)23-13-10-16(11-14-23)26-18-9-12-21-20(22-18)25-2/h4-9,12,16-17H,3,10-11,13-14H2,1-2H3. The number of rotatable bonds is 6. The molecule has 1 unspecified atom stereocenters. The van der Waals surface area contributed by atoms with Gasteiger partial charge in [-0.05, 0) is 12.0 Å². The smallest absolute Gasteiger partial charge is 0.319 e. The summed E-state index contributed by atoms with van der Waals surface area (Å²) in [5.74, 6) is 0.651. The molecular weight excluding hydrogens is 330 g/mol. The lowest BCUT2D eigenvalue weighted by Crippen LogP contribution is -2.43. The van der Waals surface area contributed by atoms with Gasteiger partial charge in [0.25, 0.3) is 0 Å². The first-order valence-corrected chi connectivity index (χ1v) is 9.08. The fourth-order valence-corrected chi connectivity index (χ4v) is 3.31. The van der Waals surface area contributed by atoms with Gasteiger partial charge in [0.15, 0.2) is 0 Å². The lowest BCUT2D eigenvalue weighted by Gasteiger charge is -2.34. The number of benzene rings is 1. The summed E-state index contributed by atoms with van der Waals surface area (Å²) in [5, 5.41) is 0. The van der Waals surface area contributed by atoms with Crippen molar-refractivity contribution in [3.8, 4) is 11.9 Å². The summed E-state index contributed by atoms with van der Waals surface area (Å²) in [6.07, 6.45) is 4.06. The number of ether oxygens (including phenoxy) is 2. The van der Waals surface area contributed by atoms with Crippen molar-refractivity contribution < 1.29 is 14.3 Å². The number of hydrogen-bond donors (Lipinski definition) is 0. The van der Waals surface area contributed by atoms with E-state index in [9.17, 15) is 4.79 Å². The Labute approximate surface area is 154 Å². The van der Waals surface area contributed by atoms with Crippen LogP contribution in [0.3, 0.4) is 0 Å². The van der Waals surface area contributed by atoms with E-state index in [1.807, 2.05) is 35.2 Å². The minimum absolute atomic E-state index is 0.0513. The summed E-state index contributed by atoms with van der Waals surface area (Å²) >= 11 is 0. The average molecular weight is 355 g/mol. The molecule has 1 aliphatic heterocycles. The molecule has 0 saturated carbocycles. The molecule has 1 fully saturated rings. The average Bonchev–Trinajstić information content (AvgIpc) is 2.70. The molecule has 1 amide bonds. The maximum absolute atomic E-state index is 12.9. The lowest BCUT2D eigenvalue weighted by atomic mass is 9.94. The first-order valence-electron chi connectivity index (χ1n) is 9.08. The molecule has 1 saturated heterocycles. The number of nitrogens with zero attached hydrogens (tertiary/aromatic N) is 3. The van der Waals surface area contributed by atoms with Gasteiger partial charge in [-0.3, -0.25) is 4.79 Å². The summed E-state index contributed by atoms with van der Waals surface area (Å²) in [7, 11) is 1.53. The molecule has 1 aromatic heterocycles. The van der Waals surface area contributed by atoms with Gasteiger partial charge >= 0.3 is 6.01 Å². The van der Waals surface area contributed by atoms with E-state index >= 15 is 0 Å². The monoisotopic (exact) mass is 355 g/mol. The van der Waals surface area contributed by atoms with Gasteiger partial charge in [0.2, 0.25) is 11.8 Å². The Hall–Kier alpha value is -2.63. The van der Waals surface area contributed by atoms with Crippen LogP contribution in [-0.2, 0) is 4.79 Å². The third kappa shape index (κ3) is 4.31. The predicted molar refractivity (Wildman–Crippen MR) is 98.3 cm³/mol. The Morgan fingerprint density at radius 1 is 1.23 bits per heavy atom. The highest BCUT2D eigenvalue weighted by Gasteiger charge is 2.29. The number of amides is 1. The molecular formula is C20H25N3O3. The summed E-state index contributed by atoms with van der Waals surface area (Å²) in [6, 6.07) is 12.0. The molecule has 6 nitrogen and oxygen atoms in total. The van der Waals surface area contributed by atoms with Crippen molar-refractivity contribution in [2.24, 2.45) is 0 Å². The zero-order chi connectivity index (χ0) is 18.4. The SMILES string of the molecule is CCC(C(=O)N1CCC(Oc2ccnc(OC)n2)CC1)c1ccccc1. The zero-order valence-electron chi connectivity index (χ0n) is 15.3. The van der Waals surface area contributed by atoms with E-state index in [1.165, 1.54) is 7.11 Å². The molecule has 0 spiro atoms. The summed E-state index contributed by atoms with van der Waals surface area (Å²) in [5.41, 5.74) is 1.09.